The Kier molecular flexibility index (Phi) is 2.80. The first kappa shape index (κ1) is 10.9. The first-order valence-corrected chi connectivity index (χ1v) is 5.50. The Balaban J connectivity index is 1.99. The van der Waals surface area contributed by atoms with Crippen molar-refractivity contribution in [3.8, 4) is 6.07 Å². The Morgan fingerprint density at radius 3 is 2.81 bits per heavy atom. The van der Waals surface area contributed by atoms with Gasteiger partial charge in [-0.3, -0.25) is 0 Å². The van der Waals surface area contributed by atoms with Crippen molar-refractivity contribution in [1.29, 1.82) is 5.26 Å². The third-order valence-corrected chi connectivity index (χ3v) is 2.91. The molecule has 1 aromatic rings. The van der Waals surface area contributed by atoms with Gasteiger partial charge in [-0.1, -0.05) is 13.3 Å². The van der Waals surface area contributed by atoms with Gasteiger partial charge in [0, 0.05) is 13.1 Å². The Bertz CT molecular complexity index is 401. The summed E-state index contributed by atoms with van der Waals surface area (Å²) >= 11 is 0. The predicted molar refractivity (Wildman–Crippen MR) is 61.0 cm³/mol. The summed E-state index contributed by atoms with van der Waals surface area (Å²) in [6.07, 6.45) is 3.52. The second-order valence-corrected chi connectivity index (χ2v) is 4.34. The molecule has 0 bridgehead atoms. The number of hydrogen-bond donors (Lipinski definition) is 1. The highest BCUT2D eigenvalue weighted by atomic mass is 16.3. The number of nitriles is 1. The fourth-order valence-corrected chi connectivity index (χ4v) is 2.11. The van der Waals surface area contributed by atoms with E-state index in [1.807, 2.05) is 12.1 Å². The highest BCUT2D eigenvalue weighted by Crippen LogP contribution is 2.30. The monoisotopic (exact) mass is 217 g/mol. The third-order valence-electron chi connectivity index (χ3n) is 2.91. The van der Waals surface area contributed by atoms with E-state index in [-0.39, 0.29) is 0 Å². The normalized spacial score (nSPS) is 17.7. The molecular formula is C12H15N3O. The van der Waals surface area contributed by atoms with Crippen LogP contribution in [0.5, 0.6) is 0 Å². The number of pyridine rings is 1. The van der Waals surface area contributed by atoms with E-state index in [2.05, 4.69) is 16.8 Å². The summed E-state index contributed by atoms with van der Waals surface area (Å²) in [5.41, 5.74) is 0.871. The smallest absolute Gasteiger partial charge is 0.140 e. The van der Waals surface area contributed by atoms with Crippen LogP contribution in [0.4, 0.5) is 5.69 Å². The first-order valence-electron chi connectivity index (χ1n) is 5.50. The van der Waals surface area contributed by atoms with Gasteiger partial charge in [-0.25, -0.2) is 4.98 Å². The van der Waals surface area contributed by atoms with Gasteiger partial charge in [0.1, 0.15) is 11.8 Å². The number of aliphatic hydroxyl groups is 1. The van der Waals surface area contributed by atoms with Crippen molar-refractivity contribution < 1.29 is 5.11 Å². The summed E-state index contributed by atoms with van der Waals surface area (Å²) < 4.78 is 0. The molecule has 2 rings (SSSR count). The molecular weight excluding hydrogens is 202 g/mol. The van der Waals surface area contributed by atoms with Crippen LogP contribution in [0.25, 0.3) is 0 Å². The lowest BCUT2D eigenvalue weighted by atomic mass is 9.89. The lowest BCUT2D eigenvalue weighted by Crippen LogP contribution is -2.61. The number of β-amino-alcohol motifs (C(OH)–C–C–N with tert-alkyl or cyclic N) is 1. The number of rotatable bonds is 3. The molecule has 0 saturated carbocycles. The number of nitrogens with zero attached hydrogens (tertiary/aromatic N) is 3. The van der Waals surface area contributed by atoms with Crippen molar-refractivity contribution in [2.45, 2.75) is 25.4 Å². The Hall–Kier alpha value is -1.60. The first-order chi connectivity index (χ1) is 7.67. The van der Waals surface area contributed by atoms with E-state index in [1.54, 1.807) is 12.3 Å². The SMILES string of the molecule is CCCC1(O)CN(c2ccc(C#N)nc2)C1. The Morgan fingerprint density at radius 2 is 2.31 bits per heavy atom. The van der Waals surface area contributed by atoms with Crippen LogP contribution in [-0.4, -0.2) is 28.8 Å². The zero-order chi connectivity index (χ0) is 11.6. The van der Waals surface area contributed by atoms with E-state index in [9.17, 15) is 5.11 Å². The van der Waals surface area contributed by atoms with Gasteiger partial charge in [-0.2, -0.15) is 5.26 Å². The maximum Gasteiger partial charge on any atom is 0.140 e. The fourth-order valence-electron chi connectivity index (χ4n) is 2.11. The van der Waals surface area contributed by atoms with Crippen molar-refractivity contribution >= 4 is 5.69 Å². The molecule has 0 amide bonds. The molecule has 1 aliphatic heterocycles. The molecule has 1 fully saturated rings. The summed E-state index contributed by atoms with van der Waals surface area (Å²) in [6, 6.07) is 5.56. The minimum atomic E-state index is -0.525. The second kappa shape index (κ2) is 4.11. The molecule has 1 saturated heterocycles. The molecule has 0 aromatic carbocycles. The maximum absolute atomic E-state index is 10.0. The summed E-state index contributed by atoms with van der Waals surface area (Å²) in [7, 11) is 0. The lowest BCUT2D eigenvalue weighted by Gasteiger charge is -2.47. The minimum absolute atomic E-state index is 0.424. The van der Waals surface area contributed by atoms with Crippen molar-refractivity contribution in [2.75, 3.05) is 18.0 Å². The average molecular weight is 217 g/mol. The Labute approximate surface area is 95.1 Å². The van der Waals surface area contributed by atoms with Crippen molar-refractivity contribution in [3.05, 3.63) is 24.0 Å². The highest BCUT2D eigenvalue weighted by Gasteiger charge is 2.40. The number of anilines is 1. The third kappa shape index (κ3) is 2.00. The van der Waals surface area contributed by atoms with Crippen LogP contribution in [0.3, 0.4) is 0 Å². The quantitative estimate of drug-likeness (QED) is 0.829. The summed E-state index contributed by atoms with van der Waals surface area (Å²) in [5.74, 6) is 0. The van der Waals surface area contributed by atoms with Gasteiger partial charge >= 0.3 is 0 Å². The van der Waals surface area contributed by atoms with Crippen LogP contribution in [-0.2, 0) is 0 Å². The average Bonchev–Trinajstić information content (AvgIpc) is 2.26. The zero-order valence-electron chi connectivity index (χ0n) is 9.35. The van der Waals surface area contributed by atoms with Crippen molar-refractivity contribution in [2.24, 2.45) is 0 Å². The lowest BCUT2D eigenvalue weighted by molar-refractivity contribution is 0.00337. The van der Waals surface area contributed by atoms with E-state index in [1.165, 1.54) is 0 Å². The molecule has 0 atom stereocenters. The van der Waals surface area contributed by atoms with E-state index in [0.29, 0.717) is 18.8 Å². The molecule has 2 heterocycles. The van der Waals surface area contributed by atoms with Crippen LogP contribution in [0.15, 0.2) is 18.3 Å². The zero-order valence-corrected chi connectivity index (χ0v) is 9.35. The van der Waals surface area contributed by atoms with E-state index >= 15 is 0 Å². The van der Waals surface area contributed by atoms with Gasteiger partial charge in [-0.05, 0) is 18.6 Å². The molecule has 1 aliphatic rings. The van der Waals surface area contributed by atoms with Crippen LogP contribution in [0.2, 0.25) is 0 Å². The van der Waals surface area contributed by atoms with E-state index in [4.69, 9.17) is 5.26 Å². The molecule has 0 spiro atoms. The maximum atomic E-state index is 10.0. The van der Waals surface area contributed by atoms with Crippen LogP contribution >= 0.6 is 0 Å². The highest BCUT2D eigenvalue weighted by molar-refractivity contribution is 5.49. The van der Waals surface area contributed by atoms with Crippen LogP contribution < -0.4 is 4.90 Å². The molecule has 0 aliphatic carbocycles. The molecule has 16 heavy (non-hydrogen) atoms. The Morgan fingerprint density at radius 1 is 1.56 bits per heavy atom. The second-order valence-electron chi connectivity index (χ2n) is 4.34. The van der Waals surface area contributed by atoms with E-state index < -0.39 is 5.60 Å². The molecule has 84 valence electrons. The molecule has 1 aromatic heterocycles. The van der Waals surface area contributed by atoms with Crippen molar-refractivity contribution in [1.82, 2.24) is 4.98 Å². The standard InChI is InChI=1S/C12H15N3O/c1-2-5-12(16)8-15(9-12)11-4-3-10(6-13)14-7-11/h3-4,7,16H,2,5,8-9H2,1H3. The summed E-state index contributed by atoms with van der Waals surface area (Å²) in [6.45, 7) is 3.40. The number of aromatic nitrogens is 1. The van der Waals surface area contributed by atoms with Gasteiger partial charge in [0.05, 0.1) is 17.5 Å². The van der Waals surface area contributed by atoms with Gasteiger partial charge in [0.15, 0.2) is 0 Å². The van der Waals surface area contributed by atoms with Gasteiger partial charge < -0.3 is 10.0 Å². The molecule has 4 heteroatoms. The van der Waals surface area contributed by atoms with Crippen LogP contribution in [0.1, 0.15) is 25.5 Å². The van der Waals surface area contributed by atoms with E-state index in [0.717, 1.165) is 18.5 Å². The molecule has 1 N–H and O–H groups in total. The van der Waals surface area contributed by atoms with Gasteiger partial charge in [0.25, 0.3) is 0 Å². The topological polar surface area (TPSA) is 60.1 Å². The molecule has 0 radical (unpaired) electrons. The fraction of sp³-hybridized carbons (Fsp3) is 0.500. The van der Waals surface area contributed by atoms with Gasteiger partial charge in [-0.15, -0.1) is 0 Å². The molecule has 0 unspecified atom stereocenters. The number of hydrogen-bond acceptors (Lipinski definition) is 4. The van der Waals surface area contributed by atoms with Gasteiger partial charge in [0.2, 0.25) is 0 Å². The predicted octanol–water partition coefficient (Wildman–Crippen LogP) is 1.30. The van der Waals surface area contributed by atoms with Crippen molar-refractivity contribution in [3.63, 3.8) is 0 Å². The molecule has 4 nitrogen and oxygen atoms in total. The largest absolute Gasteiger partial charge is 0.386 e. The summed E-state index contributed by atoms with van der Waals surface area (Å²) in [4.78, 5) is 6.08. The summed E-state index contributed by atoms with van der Waals surface area (Å²) in [5, 5.41) is 18.7. The van der Waals surface area contributed by atoms with Crippen LogP contribution in [0, 0.1) is 11.3 Å². The minimum Gasteiger partial charge on any atom is -0.386 e.